The van der Waals surface area contributed by atoms with E-state index in [4.69, 9.17) is 9.47 Å². The van der Waals surface area contributed by atoms with Crippen LogP contribution in [0.5, 0.6) is 5.75 Å². The smallest absolute Gasteiger partial charge is 0.870 e. The van der Waals surface area contributed by atoms with E-state index in [1.165, 1.54) is 30.3 Å². The van der Waals surface area contributed by atoms with Crippen molar-refractivity contribution in [1.29, 1.82) is 0 Å². The van der Waals surface area contributed by atoms with Crippen molar-refractivity contribution in [3.63, 3.8) is 0 Å². The number of aliphatic hydroxyl groups is 9. The third-order valence-corrected chi connectivity index (χ3v) is 7.66. The molecule has 15 nitrogen and oxygen atoms in total. The minimum atomic E-state index is -3.13. The first-order valence-electron chi connectivity index (χ1n) is 13.1. The molecule has 44 heavy (non-hydrogen) atoms. The van der Waals surface area contributed by atoms with E-state index in [1.807, 2.05) is 0 Å². The summed E-state index contributed by atoms with van der Waals surface area (Å²) in [4.78, 5) is 27.1. The Morgan fingerprint density at radius 2 is 1.48 bits per heavy atom. The summed E-state index contributed by atoms with van der Waals surface area (Å²) >= 11 is 0. The fourth-order valence-corrected chi connectivity index (χ4v) is 5.20. The number of aliphatic hydroxyl groups excluding tert-OH is 8. The number of benzene rings is 1. The largest absolute Gasteiger partial charge is 1.00 e. The average molecular weight is 634 g/mol. The van der Waals surface area contributed by atoms with E-state index in [0.717, 1.165) is 6.08 Å². The van der Waals surface area contributed by atoms with E-state index in [0.29, 0.717) is 5.56 Å². The summed E-state index contributed by atoms with van der Waals surface area (Å²) in [7, 11) is 0. The van der Waals surface area contributed by atoms with E-state index in [-0.39, 0.29) is 47.2 Å². The van der Waals surface area contributed by atoms with Gasteiger partial charge in [0.2, 0.25) is 0 Å². The molecule has 1 aliphatic carbocycles. The molecule has 2 aliphatic heterocycles. The van der Waals surface area contributed by atoms with Gasteiger partial charge in [-0.15, -0.1) is 5.57 Å². The number of Topliss-reactive ketones (excluding diaryl/α,β-unsaturated/α-hetero) is 1. The summed E-state index contributed by atoms with van der Waals surface area (Å²) in [6.45, 7) is 0.687. The van der Waals surface area contributed by atoms with E-state index >= 15 is 0 Å². The van der Waals surface area contributed by atoms with Crippen molar-refractivity contribution < 1.29 is 105 Å². The first-order valence-corrected chi connectivity index (χ1v) is 13.1. The van der Waals surface area contributed by atoms with Crippen molar-refractivity contribution in [2.24, 2.45) is 0 Å². The number of ketones is 2. The molecule has 1 aromatic carbocycles. The Bertz CT molecular complexity index is 1280. The number of carbonyl (C=O) groups excluding carboxylic acids is 2. The Hall–Kier alpha value is -2.06. The third-order valence-electron chi connectivity index (χ3n) is 7.66. The van der Waals surface area contributed by atoms with Crippen LogP contribution in [0.3, 0.4) is 0 Å². The zero-order chi connectivity index (χ0) is 31.1. The van der Waals surface area contributed by atoms with Gasteiger partial charge in [-0.25, -0.2) is 6.08 Å². The number of phenols is 1. The summed E-state index contributed by atoms with van der Waals surface area (Å²) in [6, 6.07) is 5.52. The van der Waals surface area contributed by atoms with Gasteiger partial charge < -0.3 is 66.0 Å². The standard InChI is InChI=1S/C28H33O14.Na.H2O/c1-2-15-19(33)22(36)24(38)27(42-15)28(40)9-13(25-23(37)21(35)20(34)16(10-29)41-25)18(32)17(26(28)39)14(31)8-5-11-3-6-12(30)7-4-11;;/h3-8,15-16,19-25,27,29-30,32-38,40H,2,10H2,1H3;;1H2/q-1;+1;/p-1/b8-5+;;. The first kappa shape index (κ1) is 38.1. The van der Waals surface area contributed by atoms with Gasteiger partial charge in [-0.2, -0.15) is 0 Å². The van der Waals surface area contributed by atoms with Crippen molar-refractivity contribution in [3.05, 3.63) is 58.9 Å². The fourth-order valence-electron chi connectivity index (χ4n) is 5.20. The maximum atomic E-state index is 13.7. The number of aromatic hydroxyl groups is 1. The minimum absolute atomic E-state index is 0. The molecule has 11 N–H and O–H groups in total. The zero-order valence-electron chi connectivity index (χ0n) is 23.7. The zero-order valence-corrected chi connectivity index (χ0v) is 25.7. The number of allylic oxidation sites excluding steroid dienone is 1. The Morgan fingerprint density at radius 1 is 0.909 bits per heavy atom. The molecule has 2 saturated heterocycles. The maximum Gasteiger partial charge on any atom is 1.00 e. The van der Waals surface area contributed by atoms with Crippen molar-refractivity contribution in [3.8, 4) is 5.75 Å². The van der Waals surface area contributed by atoms with E-state index in [2.05, 4.69) is 6.08 Å². The monoisotopic (exact) mass is 633 g/mol. The average Bonchev–Trinajstić information content (AvgIpc) is 2.97. The fraction of sp³-hybridized carbons (Fsp3) is 0.500. The van der Waals surface area contributed by atoms with Gasteiger partial charge in [0.25, 0.3) is 0 Å². The molecule has 0 amide bonds. The summed E-state index contributed by atoms with van der Waals surface area (Å²) in [5.41, 5.74) is -4.56. The molecule has 0 aromatic heterocycles. The topological polar surface area (TPSA) is 285 Å². The number of phenolic OH excluding ortho intramolecular Hbond substituents is 1. The van der Waals surface area contributed by atoms with Crippen LogP contribution in [0.2, 0.25) is 0 Å². The molecule has 0 saturated carbocycles. The van der Waals surface area contributed by atoms with Gasteiger partial charge in [0.1, 0.15) is 60.2 Å². The number of hydrogen-bond donors (Lipinski definition) is 10. The van der Waals surface area contributed by atoms with Crippen LogP contribution in [0, 0.1) is 6.08 Å². The van der Waals surface area contributed by atoms with Crippen LogP contribution in [-0.2, 0) is 19.1 Å². The van der Waals surface area contributed by atoms with Crippen LogP contribution in [0.4, 0.5) is 0 Å². The van der Waals surface area contributed by atoms with Crippen LogP contribution in [0.1, 0.15) is 18.9 Å². The number of carbonyl (C=O) groups is 2. The summed E-state index contributed by atoms with van der Waals surface area (Å²) in [5.74, 6) is -3.88. The van der Waals surface area contributed by atoms with Gasteiger partial charge in [-0.3, -0.25) is 9.59 Å². The third kappa shape index (κ3) is 6.86. The Kier molecular flexibility index (Phi) is 13.0. The number of hydrogen-bond acceptors (Lipinski definition) is 15. The van der Waals surface area contributed by atoms with Gasteiger partial charge in [-0.05, 0) is 36.0 Å². The normalized spacial score (nSPS) is 37.7. The van der Waals surface area contributed by atoms with Gasteiger partial charge in [0.15, 0.2) is 11.6 Å². The van der Waals surface area contributed by atoms with Gasteiger partial charge in [-0.1, -0.05) is 25.1 Å². The second-order valence-corrected chi connectivity index (χ2v) is 10.4. The van der Waals surface area contributed by atoms with E-state index < -0.39 is 102 Å². The quantitative estimate of drug-likeness (QED) is 0.0578. The number of rotatable bonds is 7. The molecule has 0 radical (unpaired) electrons. The molecule has 4 rings (SSSR count). The summed E-state index contributed by atoms with van der Waals surface area (Å²) in [6.07, 6.45) is -13.7. The van der Waals surface area contributed by atoms with Crippen LogP contribution in [0.15, 0.2) is 47.2 Å². The van der Waals surface area contributed by atoms with E-state index in [9.17, 15) is 60.7 Å². The molecule has 1 aromatic rings. The summed E-state index contributed by atoms with van der Waals surface area (Å²) < 4.78 is 11.1. The molecule has 238 valence electrons. The maximum absolute atomic E-state index is 13.7. The van der Waals surface area contributed by atoms with Gasteiger partial charge in [0, 0.05) is 5.57 Å². The second-order valence-electron chi connectivity index (χ2n) is 10.4. The molecular weight excluding hydrogens is 599 g/mol. The van der Waals surface area contributed by atoms with Crippen molar-refractivity contribution in [2.75, 3.05) is 6.61 Å². The molecule has 2 heterocycles. The van der Waals surface area contributed by atoms with Crippen LogP contribution in [0.25, 0.3) is 6.08 Å². The van der Waals surface area contributed by atoms with Gasteiger partial charge in [0.05, 0.1) is 18.8 Å². The Labute approximate surface area is 273 Å². The number of ether oxygens (including phenoxy) is 2. The molecular formula is C28H34NaO15-. The van der Waals surface area contributed by atoms with E-state index in [1.54, 1.807) is 6.92 Å². The van der Waals surface area contributed by atoms with Crippen molar-refractivity contribution >= 4 is 17.6 Å². The summed E-state index contributed by atoms with van der Waals surface area (Å²) in [5, 5.41) is 105. The first-order chi connectivity index (χ1) is 19.8. The van der Waals surface area contributed by atoms with Gasteiger partial charge >= 0.3 is 29.6 Å². The molecule has 2 fully saturated rings. The SMILES string of the molecule is CCC1OC(C2(O)[C-]=C(C3OC(CO)C(O)C(O)C3O)C(O)=C(C(=O)/C=C/c3ccc(O)cc3)C2=O)C(O)C(O)C1O.[Na+].[OH-]. The van der Waals surface area contributed by atoms with Crippen LogP contribution < -0.4 is 29.6 Å². The molecule has 3 aliphatic rings. The Morgan fingerprint density at radius 3 is 2.05 bits per heavy atom. The predicted octanol–water partition coefficient (Wildman–Crippen LogP) is -6.24. The van der Waals surface area contributed by atoms with Crippen LogP contribution in [-0.4, -0.2) is 141 Å². The minimum Gasteiger partial charge on any atom is -0.870 e. The van der Waals surface area contributed by atoms with Crippen molar-refractivity contribution in [2.45, 2.75) is 80.0 Å². The van der Waals surface area contributed by atoms with Crippen LogP contribution >= 0.6 is 0 Å². The molecule has 0 spiro atoms. The molecule has 16 heteroatoms. The molecule has 11 atom stereocenters. The van der Waals surface area contributed by atoms with Crippen molar-refractivity contribution in [1.82, 2.24) is 0 Å². The molecule has 11 unspecified atom stereocenters. The second kappa shape index (κ2) is 15.0. The Balaban J connectivity index is 0.00000337. The predicted molar refractivity (Wildman–Crippen MR) is 141 cm³/mol. The molecule has 0 bridgehead atoms.